The van der Waals surface area contributed by atoms with Crippen molar-refractivity contribution in [2.24, 2.45) is 0 Å². The Balaban J connectivity index is 1.99. The zero-order valence-corrected chi connectivity index (χ0v) is 10.5. The fourth-order valence-corrected chi connectivity index (χ4v) is 2.25. The summed E-state index contributed by atoms with van der Waals surface area (Å²) in [5.74, 6) is 0.815. The van der Waals surface area contributed by atoms with Gasteiger partial charge in [0.2, 0.25) is 5.28 Å². The normalized spacial score (nSPS) is 15.9. The molecule has 3 rings (SSSR count). The van der Waals surface area contributed by atoms with E-state index >= 15 is 0 Å². The molecule has 5 heteroatoms. The van der Waals surface area contributed by atoms with Crippen molar-refractivity contribution in [3.63, 3.8) is 0 Å². The Morgan fingerprint density at radius 1 is 1.18 bits per heavy atom. The molecule has 0 saturated heterocycles. The second kappa shape index (κ2) is 4.31. The number of fused-ring (bicyclic) bond motifs is 1. The third kappa shape index (κ3) is 2.17. The minimum Gasteiger partial charge on any atom is -0.490 e. The maximum absolute atomic E-state index is 6.03. The molecule has 0 spiro atoms. The molecule has 1 aromatic carbocycles. The Hall–Kier alpha value is -1.06. The maximum Gasteiger partial charge on any atom is 0.224 e. The molecule has 0 radical (unpaired) electrons. The first-order chi connectivity index (χ1) is 8.22. The van der Waals surface area contributed by atoms with Gasteiger partial charge in [0, 0.05) is 5.39 Å². The van der Waals surface area contributed by atoms with Gasteiger partial charge < -0.3 is 4.74 Å². The first-order valence-electron chi connectivity index (χ1n) is 5.52. The minimum atomic E-state index is 0.162. The highest BCUT2D eigenvalue weighted by atomic mass is 35.5. The molecule has 3 nitrogen and oxygen atoms in total. The predicted octanol–water partition coefficient (Wildman–Crippen LogP) is 3.87. The topological polar surface area (TPSA) is 35.0 Å². The SMILES string of the molecule is Clc1nc(Cl)c2cc(OC3CCC3)ccc2n1. The Morgan fingerprint density at radius 3 is 2.71 bits per heavy atom. The van der Waals surface area contributed by atoms with Crippen molar-refractivity contribution in [2.75, 3.05) is 0 Å². The van der Waals surface area contributed by atoms with Crippen LogP contribution in [0, 0.1) is 0 Å². The van der Waals surface area contributed by atoms with Crippen LogP contribution in [0.5, 0.6) is 5.75 Å². The molecule has 1 saturated carbocycles. The smallest absolute Gasteiger partial charge is 0.224 e. The quantitative estimate of drug-likeness (QED) is 0.613. The van der Waals surface area contributed by atoms with Crippen LogP contribution in [0.4, 0.5) is 0 Å². The van der Waals surface area contributed by atoms with E-state index in [9.17, 15) is 0 Å². The summed E-state index contributed by atoms with van der Waals surface area (Å²) >= 11 is 11.8. The average molecular weight is 269 g/mol. The van der Waals surface area contributed by atoms with Crippen molar-refractivity contribution in [1.29, 1.82) is 0 Å². The molecule has 0 N–H and O–H groups in total. The van der Waals surface area contributed by atoms with E-state index in [1.165, 1.54) is 6.42 Å². The van der Waals surface area contributed by atoms with Crippen molar-refractivity contribution < 1.29 is 4.74 Å². The van der Waals surface area contributed by atoms with Crippen molar-refractivity contribution in [1.82, 2.24) is 9.97 Å². The van der Waals surface area contributed by atoms with Gasteiger partial charge in [0.05, 0.1) is 11.6 Å². The molecule has 1 aliphatic rings. The van der Waals surface area contributed by atoms with Gasteiger partial charge in [-0.2, -0.15) is 0 Å². The van der Waals surface area contributed by atoms with Crippen LogP contribution in [-0.4, -0.2) is 16.1 Å². The zero-order valence-electron chi connectivity index (χ0n) is 8.99. The number of hydrogen-bond acceptors (Lipinski definition) is 3. The number of aromatic nitrogens is 2. The molecule has 0 amide bonds. The van der Waals surface area contributed by atoms with Gasteiger partial charge in [-0.3, -0.25) is 0 Å². The molecule has 0 unspecified atom stereocenters. The molecule has 0 bridgehead atoms. The molecule has 1 fully saturated rings. The first kappa shape index (κ1) is 11.1. The van der Waals surface area contributed by atoms with E-state index in [0.717, 1.165) is 29.5 Å². The Bertz CT molecular complexity index is 570. The second-order valence-corrected chi connectivity index (χ2v) is 4.83. The van der Waals surface area contributed by atoms with Gasteiger partial charge >= 0.3 is 0 Å². The number of ether oxygens (including phenoxy) is 1. The summed E-state index contributed by atoms with van der Waals surface area (Å²) < 4.78 is 5.80. The Labute approximate surface area is 109 Å². The number of rotatable bonds is 2. The lowest BCUT2D eigenvalue weighted by molar-refractivity contribution is 0.120. The maximum atomic E-state index is 6.03. The molecule has 17 heavy (non-hydrogen) atoms. The predicted molar refractivity (Wildman–Crippen MR) is 67.8 cm³/mol. The second-order valence-electron chi connectivity index (χ2n) is 4.13. The highest BCUT2D eigenvalue weighted by Crippen LogP contribution is 2.29. The number of hydrogen-bond donors (Lipinski definition) is 0. The standard InChI is InChI=1S/C12H10Cl2N2O/c13-11-9-6-8(17-7-2-1-3-7)4-5-10(9)15-12(14)16-11/h4-7H,1-3H2. The van der Waals surface area contributed by atoms with Crippen molar-refractivity contribution >= 4 is 34.1 Å². The summed E-state index contributed by atoms with van der Waals surface area (Å²) in [7, 11) is 0. The van der Waals surface area contributed by atoms with Crippen LogP contribution >= 0.6 is 23.2 Å². The summed E-state index contributed by atoms with van der Waals surface area (Å²) in [6.07, 6.45) is 3.85. The van der Waals surface area contributed by atoms with E-state index < -0.39 is 0 Å². The van der Waals surface area contributed by atoms with Crippen molar-refractivity contribution in [2.45, 2.75) is 25.4 Å². The van der Waals surface area contributed by atoms with Gasteiger partial charge in [0.15, 0.2) is 0 Å². The summed E-state index contributed by atoms with van der Waals surface area (Å²) in [6, 6.07) is 5.61. The van der Waals surface area contributed by atoms with E-state index in [-0.39, 0.29) is 5.28 Å². The van der Waals surface area contributed by atoms with Crippen LogP contribution in [0.2, 0.25) is 10.4 Å². The lowest BCUT2D eigenvalue weighted by Crippen LogP contribution is -2.24. The van der Waals surface area contributed by atoms with Crippen LogP contribution in [0.3, 0.4) is 0 Å². The van der Waals surface area contributed by atoms with Crippen molar-refractivity contribution in [3.8, 4) is 5.75 Å². The molecule has 1 aliphatic carbocycles. The average Bonchev–Trinajstić information content (AvgIpc) is 2.24. The highest BCUT2D eigenvalue weighted by molar-refractivity contribution is 6.35. The van der Waals surface area contributed by atoms with E-state index in [0.29, 0.717) is 11.3 Å². The lowest BCUT2D eigenvalue weighted by Gasteiger charge is -2.26. The molecular formula is C12H10Cl2N2O. The third-order valence-corrected chi connectivity index (χ3v) is 3.41. The lowest BCUT2D eigenvalue weighted by atomic mass is 9.96. The first-order valence-corrected chi connectivity index (χ1v) is 6.27. The monoisotopic (exact) mass is 268 g/mol. The van der Waals surface area contributed by atoms with E-state index in [1.807, 2.05) is 18.2 Å². The zero-order chi connectivity index (χ0) is 11.8. The summed E-state index contributed by atoms with van der Waals surface area (Å²) in [6.45, 7) is 0. The summed E-state index contributed by atoms with van der Waals surface area (Å²) in [5.41, 5.74) is 0.732. The largest absolute Gasteiger partial charge is 0.490 e. The van der Waals surface area contributed by atoms with E-state index in [1.54, 1.807) is 0 Å². The Kier molecular flexibility index (Phi) is 2.81. The van der Waals surface area contributed by atoms with Crippen molar-refractivity contribution in [3.05, 3.63) is 28.6 Å². The number of nitrogens with zero attached hydrogens (tertiary/aromatic N) is 2. The number of halogens is 2. The van der Waals surface area contributed by atoms with Gasteiger partial charge in [0.25, 0.3) is 0 Å². The molecular weight excluding hydrogens is 259 g/mol. The van der Waals surface area contributed by atoms with Gasteiger partial charge in [0.1, 0.15) is 10.9 Å². The van der Waals surface area contributed by atoms with Crippen LogP contribution in [0.15, 0.2) is 18.2 Å². The van der Waals surface area contributed by atoms with E-state index in [4.69, 9.17) is 27.9 Å². The summed E-state index contributed by atoms with van der Waals surface area (Å²) in [4.78, 5) is 8.03. The fraction of sp³-hybridized carbons (Fsp3) is 0.333. The molecule has 88 valence electrons. The third-order valence-electron chi connectivity index (χ3n) is 2.95. The highest BCUT2D eigenvalue weighted by Gasteiger charge is 2.19. The van der Waals surface area contributed by atoms with Gasteiger partial charge in [-0.05, 0) is 49.1 Å². The van der Waals surface area contributed by atoms with Crippen LogP contribution in [0.1, 0.15) is 19.3 Å². The fourth-order valence-electron chi connectivity index (χ4n) is 1.80. The van der Waals surface area contributed by atoms with Gasteiger partial charge in [-0.1, -0.05) is 11.6 Å². The van der Waals surface area contributed by atoms with Crippen LogP contribution < -0.4 is 4.74 Å². The molecule has 0 atom stereocenters. The van der Waals surface area contributed by atoms with Crippen LogP contribution in [-0.2, 0) is 0 Å². The Morgan fingerprint density at radius 2 is 2.00 bits per heavy atom. The van der Waals surface area contributed by atoms with Gasteiger partial charge in [-0.15, -0.1) is 0 Å². The minimum absolute atomic E-state index is 0.162. The molecule has 2 aromatic rings. The molecule has 1 heterocycles. The number of benzene rings is 1. The van der Waals surface area contributed by atoms with Crippen LogP contribution in [0.25, 0.3) is 10.9 Å². The van der Waals surface area contributed by atoms with Gasteiger partial charge in [-0.25, -0.2) is 9.97 Å². The molecule has 1 aromatic heterocycles. The molecule has 0 aliphatic heterocycles. The van der Waals surface area contributed by atoms with E-state index in [2.05, 4.69) is 9.97 Å². The summed E-state index contributed by atoms with van der Waals surface area (Å²) in [5, 5.41) is 1.29.